The van der Waals surface area contributed by atoms with Crippen LogP contribution in [-0.4, -0.2) is 19.8 Å². The fraction of sp³-hybridized carbons (Fsp3) is 0.471. The predicted octanol–water partition coefficient (Wildman–Crippen LogP) is 2.59. The van der Waals surface area contributed by atoms with Gasteiger partial charge in [0, 0.05) is 0 Å². The molecule has 1 unspecified atom stereocenters. The Morgan fingerprint density at radius 1 is 1.18 bits per heavy atom. The van der Waals surface area contributed by atoms with Crippen molar-refractivity contribution < 1.29 is 0 Å². The lowest BCUT2D eigenvalue weighted by Gasteiger charge is -2.59. The molecule has 2 bridgehead atoms. The first-order chi connectivity index (χ1) is 10.5. The van der Waals surface area contributed by atoms with Crippen molar-refractivity contribution in [2.45, 2.75) is 32.7 Å². The van der Waals surface area contributed by atoms with Crippen molar-refractivity contribution in [1.82, 2.24) is 19.8 Å². The molecule has 0 spiro atoms. The summed E-state index contributed by atoms with van der Waals surface area (Å²) in [6.07, 6.45) is 2.14. The van der Waals surface area contributed by atoms with Gasteiger partial charge in [-0.25, -0.2) is 4.79 Å². The minimum Gasteiger partial charge on any atom is -0.244 e. The highest BCUT2D eigenvalue weighted by atomic mass is 16.2. The van der Waals surface area contributed by atoms with Gasteiger partial charge in [-0.2, -0.15) is 9.36 Å². The predicted molar refractivity (Wildman–Crippen MR) is 83.8 cm³/mol. The second kappa shape index (κ2) is 4.41. The largest absolute Gasteiger partial charge is 0.369 e. The molecule has 22 heavy (non-hydrogen) atoms. The molecule has 5 rings (SSSR count). The lowest BCUT2D eigenvalue weighted by molar-refractivity contribution is -0.0463. The van der Waals surface area contributed by atoms with Crippen LogP contribution in [0.4, 0.5) is 0 Å². The molecular formula is C17H20N4O. The highest BCUT2D eigenvalue weighted by Crippen LogP contribution is 2.63. The molecule has 1 aromatic carbocycles. The zero-order valence-corrected chi connectivity index (χ0v) is 12.9. The van der Waals surface area contributed by atoms with Gasteiger partial charge in [0.25, 0.3) is 0 Å². The molecule has 1 heterocycles. The maximum Gasteiger partial charge on any atom is 0.369 e. The van der Waals surface area contributed by atoms with Crippen molar-refractivity contribution in [3.05, 3.63) is 53.0 Å². The summed E-state index contributed by atoms with van der Waals surface area (Å²) in [4.78, 5) is 12.7. The van der Waals surface area contributed by atoms with E-state index in [1.54, 1.807) is 0 Å². The molecule has 0 amide bonds. The minimum absolute atomic E-state index is 0.0123. The summed E-state index contributed by atoms with van der Waals surface area (Å²) in [7, 11) is 0. The summed E-state index contributed by atoms with van der Waals surface area (Å²) >= 11 is 0. The Hall–Kier alpha value is -2.17. The van der Waals surface area contributed by atoms with Crippen LogP contribution in [-0.2, 0) is 0 Å². The molecule has 3 aliphatic rings. The first kappa shape index (κ1) is 13.5. The lowest BCUT2D eigenvalue weighted by atomic mass is 9.46. The smallest absolute Gasteiger partial charge is 0.244 e. The van der Waals surface area contributed by atoms with E-state index in [1.807, 2.05) is 30.3 Å². The average molecular weight is 296 g/mol. The van der Waals surface area contributed by atoms with E-state index in [9.17, 15) is 4.79 Å². The van der Waals surface area contributed by atoms with Crippen LogP contribution in [0.3, 0.4) is 0 Å². The van der Waals surface area contributed by atoms with Gasteiger partial charge < -0.3 is 0 Å². The van der Waals surface area contributed by atoms with Gasteiger partial charge in [-0.05, 0) is 58.2 Å². The number of para-hydroxylation sites is 1. The van der Waals surface area contributed by atoms with Crippen molar-refractivity contribution in [1.29, 1.82) is 0 Å². The van der Waals surface area contributed by atoms with E-state index >= 15 is 0 Å². The summed E-state index contributed by atoms with van der Waals surface area (Å²) in [6, 6.07) is 9.39. The molecular weight excluding hydrogens is 276 g/mol. The summed E-state index contributed by atoms with van der Waals surface area (Å²) in [5, 5.41) is 8.17. The first-order valence-electron chi connectivity index (χ1n) is 7.79. The van der Waals surface area contributed by atoms with Gasteiger partial charge in [0.2, 0.25) is 0 Å². The van der Waals surface area contributed by atoms with Crippen LogP contribution in [0, 0.1) is 17.3 Å². The number of tetrazole rings is 1. The van der Waals surface area contributed by atoms with Crippen LogP contribution in [0.1, 0.15) is 32.7 Å². The lowest BCUT2D eigenvalue weighted by Crippen LogP contribution is -2.53. The van der Waals surface area contributed by atoms with E-state index in [0.717, 1.165) is 17.7 Å². The molecule has 3 aliphatic carbocycles. The number of hydrogen-bond donors (Lipinski definition) is 0. The molecule has 3 atom stereocenters. The van der Waals surface area contributed by atoms with E-state index in [-0.39, 0.29) is 11.7 Å². The van der Waals surface area contributed by atoms with Gasteiger partial charge in [0.1, 0.15) is 0 Å². The fourth-order valence-corrected chi connectivity index (χ4v) is 4.14. The molecule has 0 aliphatic heterocycles. The van der Waals surface area contributed by atoms with Gasteiger partial charge in [-0.3, -0.25) is 0 Å². The molecule has 5 heteroatoms. The number of allylic oxidation sites excluding steroid dienone is 1. The number of fused-ring (bicyclic) bond motifs is 2. The van der Waals surface area contributed by atoms with Gasteiger partial charge in [0.15, 0.2) is 0 Å². The van der Waals surface area contributed by atoms with Gasteiger partial charge in [0.05, 0.1) is 11.7 Å². The molecule has 0 radical (unpaired) electrons. The Labute approximate surface area is 129 Å². The summed E-state index contributed by atoms with van der Waals surface area (Å²) in [5.74, 6) is 1.13. The van der Waals surface area contributed by atoms with E-state index in [2.05, 4.69) is 30.9 Å². The molecule has 0 N–H and O–H groups in total. The Morgan fingerprint density at radius 3 is 2.55 bits per heavy atom. The summed E-state index contributed by atoms with van der Waals surface area (Å²) < 4.78 is 2.88. The Bertz CT molecular complexity index is 786. The second-order valence-electron chi connectivity index (χ2n) is 7.09. The van der Waals surface area contributed by atoms with E-state index in [0.29, 0.717) is 17.3 Å². The molecule has 3 saturated carbocycles. The van der Waals surface area contributed by atoms with Crippen molar-refractivity contribution in [2.75, 3.05) is 0 Å². The number of aromatic nitrogens is 4. The van der Waals surface area contributed by atoms with Crippen LogP contribution in [0.15, 0.2) is 47.3 Å². The summed E-state index contributed by atoms with van der Waals surface area (Å²) in [5.41, 5.74) is 2.00. The third kappa shape index (κ3) is 1.68. The van der Waals surface area contributed by atoms with Crippen molar-refractivity contribution >= 4 is 0 Å². The number of benzene rings is 1. The first-order valence-corrected chi connectivity index (χ1v) is 7.79. The molecule has 3 fully saturated rings. The highest BCUT2D eigenvalue weighted by Gasteiger charge is 2.55. The van der Waals surface area contributed by atoms with Crippen LogP contribution in [0.25, 0.3) is 5.69 Å². The zero-order valence-electron chi connectivity index (χ0n) is 12.9. The van der Waals surface area contributed by atoms with Gasteiger partial charge in [-0.1, -0.05) is 38.6 Å². The maximum absolute atomic E-state index is 12.7. The molecule has 2 aromatic rings. The molecule has 1 aromatic heterocycles. The Balaban J connectivity index is 1.70. The van der Waals surface area contributed by atoms with Crippen LogP contribution in [0.5, 0.6) is 0 Å². The third-order valence-corrected chi connectivity index (χ3v) is 5.75. The second-order valence-corrected chi connectivity index (χ2v) is 7.09. The number of nitrogens with zero attached hydrogens (tertiary/aromatic N) is 4. The number of rotatable bonds is 2. The highest BCUT2D eigenvalue weighted by molar-refractivity contribution is 5.29. The van der Waals surface area contributed by atoms with Crippen LogP contribution >= 0.6 is 0 Å². The number of hydrogen-bond acceptors (Lipinski definition) is 3. The van der Waals surface area contributed by atoms with E-state index in [4.69, 9.17) is 0 Å². The average Bonchev–Trinajstić information content (AvgIpc) is 2.89. The van der Waals surface area contributed by atoms with E-state index in [1.165, 1.54) is 15.8 Å². The quantitative estimate of drug-likeness (QED) is 0.800. The monoisotopic (exact) mass is 296 g/mol. The SMILES string of the molecule is C=C1C(n2nnn(-c3ccccc3)c2=O)C[C@H]2C[C@@H]1C2(C)C. The third-order valence-electron chi connectivity index (χ3n) is 5.75. The normalized spacial score (nSPS) is 29.2. The molecule has 5 nitrogen and oxygen atoms in total. The van der Waals surface area contributed by atoms with E-state index < -0.39 is 0 Å². The molecule has 114 valence electrons. The standard InChI is InChI=1S/C17H20N4O/c1-11-14-9-12(17(14,2)3)10-15(11)21-16(22)20(18-19-21)13-7-5-4-6-8-13/h4-8,12,14-15H,1,9-10H2,2-3H3/t12-,14+,15?/m1/s1. The van der Waals surface area contributed by atoms with Gasteiger partial charge in [-0.15, -0.1) is 0 Å². The van der Waals surface area contributed by atoms with Crippen LogP contribution in [0.2, 0.25) is 0 Å². The van der Waals surface area contributed by atoms with Crippen molar-refractivity contribution in [3.63, 3.8) is 0 Å². The molecule has 0 saturated heterocycles. The Morgan fingerprint density at radius 2 is 1.91 bits per heavy atom. The fourth-order valence-electron chi connectivity index (χ4n) is 4.14. The van der Waals surface area contributed by atoms with Crippen LogP contribution < -0.4 is 5.69 Å². The topological polar surface area (TPSA) is 52.7 Å². The van der Waals surface area contributed by atoms with Gasteiger partial charge >= 0.3 is 5.69 Å². The van der Waals surface area contributed by atoms with Crippen molar-refractivity contribution in [3.8, 4) is 5.69 Å². The van der Waals surface area contributed by atoms with Crippen molar-refractivity contribution in [2.24, 2.45) is 17.3 Å². The zero-order chi connectivity index (χ0) is 15.5. The Kier molecular flexibility index (Phi) is 2.71. The minimum atomic E-state index is -0.184. The summed E-state index contributed by atoms with van der Waals surface area (Å²) in [6.45, 7) is 8.88. The maximum atomic E-state index is 12.7.